The van der Waals surface area contributed by atoms with Gasteiger partial charge in [0.2, 0.25) is 0 Å². The predicted octanol–water partition coefficient (Wildman–Crippen LogP) is 2.81. The van der Waals surface area contributed by atoms with Crippen molar-refractivity contribution < 1.29 is 5.11 Å². The molecule has 0 fully saturated rings. The Kier molecular flexibility index (Phi) is 4.11. The zero-order chi connectivity index (χ0) is 14.8. The van der Waals surface area contributed by atoms with Gasteiger partial charge in [-0.25, -0.2) is 9.67 Å². The van der Waals surface area contributed by atoms with Gasteiger partial charge < -0.3 is 5.11 Å². The van der Waals surface area contributed by atoms with Crippen LogP contribution in [0.15, 0.2) is 36.9 Å². The number of nitrogens with zero attached hydrogens (tertiary/aromatic N) is 3. The minimum atomic E-state index is -1.44. The molecule has 0 bridgehead atoms. The molecule has 1 aromatic heterocycles. The van der Waals surface area contributed by atoms with Crippen molar-refractivity contribution in [1.82, 2.24) is 14.8 Å². The smallest absolute Gasteiger partial charge is 0.137 e. The number of hydrogen-bond donors (Lipinski definition) is 1. The molecule has 20 heavy (non-hydrogen) atoms. The molecule has 0 aliphatic rings. The van der Waals surface area contributed by atoms with E-state index in [1.165, 1.54) is 6.33 Å². The monoisotopic (exact) mass is 289 g/mol. The fourth-order valence-corrected chi connectivity index (χ4v) is 4.71. The third-order valence-electron chi connectivity index (χ3n) is 3.27. The first-order valence-corrected chi connectivity index (χ1v) is 10.6. The van der Waals surface area contributed by atoms with Gasteiger partial charge in [-0.3, -0.25) is 0 Å². The van der Waals surface area contributed by atoms with E-state index in [-0.39, 0.29) is 0 Å². The molecular formula is C15H23N3OSi. The molecule has 0 radical (unpaired) electrons. The van der Waals surface area contributed by atoms with E-state index in [1.807, 2.05) is 25.1 Å². The molecule has 4 nitrogen and oxygen atoms in total. The topological polar surface area (TPSA) is 50.9 Å². The third-order valence-corrected chi connectivity index (χ3v) is 4.91. The first-order valence-electron chi connectivity index (χ1n) is 6.90. The highest BCUT2D eigenvalue weighted by molar-refractivity contribution is 6.76. The summed E-state index contributed by atoms with van der Waals surface area (Å²) in [5, 5.41) is 15.4. The Labute approximate surface area is 121 Å². The van der Waals surface area contributed by atoms with Crippen molar-refractivity contribution in [2.45, 2.75) is 44.8 Å². The first kappa shape index (κ1) is 14.9. The summed E-state index contributed by atoms with van der Waals surface area (Å²) in [6, 6.07) is 8.92. The molecule has 0 saturated heterocycles. The summed E-state index contributed by atoms with van der Waals surface area (Å²) in [6.07, 6.45) is 3.16. The second kappa shape index (κ2) is 5.50. The molecule has 1 heterocycles. The number of aliphatic hydroxyl groups is 1. The maximum atomic E-state index is 11.3. The van der Waals surface area contributed by atoms with Gasteiger partial charge in [0.25, 0.3) is 0 Å². The standard InChI is InChI=1S/C15H23N3OSi/c1-13-6-5-7-14(8-13)15(19,10-20(2,3)4)9-18-12-16-11-17-18/h5-8,11-12,19H,9-10H2,1-4H3. The Morgan fingerprint density at radius 1 is 1.30 bits per heavy atom. The van der Waals surface area contributed by atoms with Gasteiger partial charge in [0.15, 0.2) is 0 Å². The molecule has 2 rings (SSSR count). The molecule has 2 aromatic rings. The van der Waals surface area contributed by atoms with Crippen molar-refractivity contribution in [3.05, 3.63) is 48.0 Å². The third kappa shape index (κ3) is 3.77. The van der Waals surface area contributed by atoms with Gasteiger partial charge in [0.1, 0.15) is 18.3 Å². The van der Waals surface area contributed by atoms with Gasteiger partial charge >= 0.3 is 0 Å². The van der Waals surface area contributed by atoms with Crippen LogP contribution in [0.5, 0.6) is 0 Å². The second-order valence-corrected chi connectivity index (χ2v) is 12.2. The van der Waals surface area contributed by atoms with E-state index in [0.29, 0.717) is 6.54 Å². The lowest BCUT2D eigenvalue weighted by molar-refractivity contribution is 0.0331. The van der Waals surface area contributed by atoms with Gasteiger partial charge in [-0.05, 0) is 18.5 Å². The maximum absolute atomic E-state index is 11.3. The highest BCUT2D eigenvalue weighted by Gasteiger charge is 2.35. The lowest BCUT2D eigenvalue weighted by Crippen LogP contribution is -2.39. The molecule has 1 aromatic carbocycles. The van der Waals surface area contributed by atoms with E-state index in [9.17, 15) is 5.11 Å². The normalized spacial score (nSPS) is 15.1. The van der Waals surface area contributed by atoms with Crippen LogP contribution in [-0.4, -0.2) is 27.9 Å². The molecule has 0 amide bonds. The Hall–Kier alpha value is -1.46. The molecule has 0 aliphatic heterocycles. The van der Waals surface area contributed by atoms with E-state index < -0.39 is 13.7 Å². The molecule has 108 valence electrons. The van der Waals surface area contributed by atoms with Crippen LogP contribution in [0.3, 0.4) is 0 Å². The van der Waals surface area contributed by atoms with Gasteiger partial charge in [0.05, 0.1) is 6.54 Å². The summed E-state index contributed by atoms with van der Waals surface area (Å²) in [6.45, 7) is 9.31. The van der Waals surface area contributed by atoms with Crippen molar-refractivity contribution in [2.24, 2.45) is 0 Å². The fourth-order valence-electron chi connectivity index (χ4n) is 2.64. The van der Waals surface area contributed by atoms with E-state index in [0.717, 1.165) is 17.2 Å². The number of hydrogen-bond acceptors (Lipinski definition) is 3. The summed E-state index contributed by atoms with van der Waals surface area (Å²) in [5.41, 5.74) is 1.25. The number of rotatable bonds is 5. The van der Waals surface area contributed by atoms with Crippen molar-refractivity contribution in [1.29, 1.82) is 0 Å². The largest absolute Gasteiger partial charge is 0.384 e. The van der Waals surface area contributed by atoms with Gasteiger partial charge in [-0.2, -0.15) is 5.10 Å². The quantitative estimate of drug-likeness (QED) is 0.861. The van der Waals surface area contributed by atoms with E-state index in [4.69, 9.17) is 0 Å². The minimum absolute atomic E-state index is 0.445. The average Bonchev–Trinajstić information content (AvgIpc) is 2.79. The molecule has 1 unspecified atom stereocenters. The number of benzene rings is 1. The Morgan fingerprint density at radius 2 is 2.05 bits per heavy atom. The molecular weight excluding hydrogens is 266 g/mol. The van der Waals surface area contributed by atoms with Gasteiger partial charge in [-0.1, -0.05) is 49.5 Å². The van der Waals surface area contributed by atoms with Crippen LogP contribution in [0, 0.1) is 6.92 Å². The van der Waals surface area contributed by atoms with Crippen molar-refractivity contribution in [3.8, 4) is 0 Å². The van der Waals surface area contributed by atoms with Crippen molar-refractivity contribution in [3.63, 3.8) is 0 Å². The van der Waals surface area contributed by atoms with Gasteiger partial charge in [0, 0.05) is 8.07 Å². The van der Waals surface area contributed by atoms with E-state index >= 15 is 0 Å². The van der Waals surface area contributed by atoms with Crippen LogP contribution >= 0.6 is 0 Å². The summed E-state index contributed by atoms with van der Waals surface area (Å²) in [7, 11) is -1.44. The van der Waals surface area contributed by atoms with Crippen molar-refractivity contribution >= 4 is 8.07 Å². The predicted molar refractivity (Wildman–Crippen MR) is 83.3 cm³/mol. The van der Waals surface area contributed by atoms with Crippen LogP contribution in [0.2, 0.25) is 25.7 Å². The molecule has 0 saturated carbocycles. The Balaban J connectivity index is 2.37. The summed E-state index contributed by atoms with van der Waals surface area (Å²) in [4.78, 5) is 3.97. The van der Waals surface area contributed by atoms with Crippen LogP contribution in [0.4, 0.5) is 0 Å². The minimum Gasteiger partial charge on any atom is -0.384 e. The molecule has 1 N–H and O–H groups in total. The second-order valence-electron chi connectivity index (χ2n) is 6.73. The zero-order valence-electron chi connectivity index (χ0n) is 12.7. The molecule has 1 atom stereocenters. The molecule has 5 heteroatoms. The van der Waals surface area contributed by atoms with Gasteiger partial charge in [-0.15, -0.1) is 0 Å². The zero-order valence-corrected chi connectivity index (χ0v) is 13.7. The van der Waals surface area contributed by atoms with Crippen LogP contribution in [-0.2, 0) is 12.1 Å². The maximum Gasteiger partial charge on any atom is 0.137 e. The van der Waals surface area contributed by atoms with E-state index in [2.05, 4.69) is 35.8 Å². The highest BCUT2D eigenvalue weighted by atomic mass is 28.3. The Bertz CT molecular complexity index is 563. The lowest BCUT2D eigenvalue weighted by Gasteiger charge is -2.34. The van der Waals surface area contributed by atoms with E-state index in [1.54, 1.807) is 11.0 Å². The summed E-state index contributed by atoms with van der Waals surface area (Å²) < 4.78 is 1.71. The SMILES string of the molecule is Cc1cccc(C(O)(Cn2cncn2)C[Si](C)(C)C)c1. The highest BCUT2D eigenvalue weighted by Crippen LogP contribution is 2.33. The molecule has 0 aliphatic carbocycles. The van der Waals surface area contributed by atoms with Crippen LogP contribution < -0.4 is 0 Å². The number of aryl methyl sites for hydroxylation is 1. The summed E-state index contributed by atoms with van der Waals surface area (Å²) in [5.74, 6) is 0. The number of aromatic nitrogens is 3. The van der Waals surface area contributed by atoms with Crippen molar-refractivity contribution in [2.75, 3.05) is 0 Å². The fraction of sp³-hybridized carbons (Fsp3) is 0.467. The average molecular weight is 289 g/mol. The van der Waals surface area contributed by atoms with Crippen LogP contribution in [0.25, 0.3) is 0 Å². The van der Waals surface area contributed by atoms with Crippen LogP contribution in [0.1, 0.15) is 11.1 Å². The lowest BCUT2D eigenvalue weighted by atomic mass is 9.94. The first-order chi connectivity index (χ1) is 9.28. The Morgan fingerprint density at radius 3 is 2.60 bits per heavy atom. The summed E-state index contributed by atoms with van der Waals surface area (Å²) >= 11 is 0. The molecule has 0 spiro atoms.